The third kappa shape index (κ3) is 5.23. The Bertz CT molecular complexity index is 296. The molecule has 4 unspecified atom stereocenters. The first-order valence-corrected chi connectivity index (χ1v) is 9.85. The summed E-state index contributed by atoms with van der Waals surface area (Å²) < 4.78 is 12.5. The summed E-state index contributed by atoms with van der Waals surface area (Å²) in [5.41, 5.74) is 0. The molecule has 0 aromatic rings. The Morgan fingerprint density at radius 2 is 1.36 bits per heavy atom. The summed E-state index contributed by atoms with van der Waals surface area (Å²) in [6.07, 6.45) is 11.3. The van der Waals surface area contributed by atoms with Crippen LogP contribution in [0.15, 0.2) is 0 Å². The Kier molecular flexibility index (Phi) is 7.70. The van der Waals surface area contributed by atoms with Gasteiger partial charge in [0.15, 0.2) is 0 Å². The fourth-order valence-electron chi connectivity index (χ4n) is 4.14. The fraction of sp³-hybridized carbons (Fsp3) is 1.00. The van der Waals surface area contributed by atoms with Crippen LogP contribution >= 0.6 is 0 Å². The Morgan fingerprint density at radius 1 is 0.773 bits per heavy atom. The summed E-state index contributed by atoms with van der Waals surface area (Å²) in [4.78, 5) is 0. The highest BCUT2D eigenvalue weighted by molar-refractivity contribution is 4.85. The molecule has 2 heteroatoms. The highest BCUT2D eigenvalue weighted by Crippen LogP contribution is 2.35. The summed E-state index contributed by atoms with van der Waals surface area (Å²) in [5, 5.41) is 0. The average molecular weight is 311 g/mol. The van der Waals surface area contributed by atoms with Crippen molar-refractivity contribution < 1.29 is 9.47 Å². The van der Waals surface area contributed by atoms with Gasteiger partial charge in [-0.25, -0.2) is 0 Å². The molecule has 0 N–H and O–H groups in total. The van der Waals surface area contributed by atoms with Crippen LogP contribution in [0.25, 0.3) is 0 Å². The van der Waals surface area contributed by atoms with Gasteiger partial charge >= 0.3 is 0 Å². The lowest BCUT2D eigenvalue weighted by molar-refractivity contribution is -0.0991. The van der Waals surface area contributed by atoms with Crippen molar-refractivity contribution >= 4 is 0 Å². The molecule has 0 aromatic heterocycles. The molecular weight excluding hydrogens is 272 g/mol. The van der Waals surface area contributed by atoms with Crippen molar-refractivity contribution in [2.75, 3.05) is 13.2 Å². The van der Waals surface area contributed by atoms with Gasteiger partial charge in [-0.3, -0.25) is 0 Å². The molecule has 22 heavy (non-hydrogen) atoms. The molecule has 0 aliphatic heterocycles. The normalized spacial score (nSPS) is 39.8. The van der Waals surface area contributed by atoms with Gasteiger partial charge in [0.25, 0.3) is 0 Å². The third-order valence-corrected chi connectivity index (χ3v) is 6.25. The highest BCUT2D eigenvalue weighted by Gasteiger charge is 2.35. The lowest BCUT2D eigenvalue weighted by Gasteiger charge is -2.40. The molecule has 0 saturated heterocycles. The second-order valence-electron chi connectivity index (χ2n) is 8.06. The van der Waals surface area contributed by atoms with Crippen molar-refractivity contribution in [2.24, 2.45) is 23.7 Å². The Hall–Kier alpha value is -0.0800. The molecule has 130 valence electrons. The van der Waals surface area contributed by atoms with Crippen molar-refractivity contribution in [3.63, 3.8) is 0 Å². The number of rotatable bonds is 7. The lowest BCUT2D eigenvalue weighted by atomic mass is 9.77. The first-order chi connectivity index (χ1) is 10.6. The molecule has 0 bridgehead atoms. The standard InChI is InChI=1S/C20H38O2/c1-5-6-13-21-19-11-12-20(17(4)16(19)3)22-14-18-9-7-15(2)8-10-18/h15-20H,5-14H2,1-4H3. The smallest absolute Gasteiger partial charge is 0.0605 e. The second kappa shape index (κ2) is 9.27. The van der Waals surface area contributed by atoms with Crippen LogP contribution < -0.4 is 0 Å². The van der Waals surface area contributed by atoms with E-state index in [0.717, 1.165) is 25.0 Å². The maximum absolute atomic E-state index is 6.36. The molecule has 2 rings (SSSR count). The molecule has 0 amide bonds. The van der Waals surface area contributed by atoms with E-state index in [9.17, 15) is 0 Å². The van der Waals surface area contributed by atoms with Crippen LogP contribution in [0, 0.1) is 23.7 Å². The maximum atomic E-state index is 6.36. The molecule has 4 atom stereocenters. The van der Waals surface area contributed by atoms with E-state index in [-0.39, 0.29) is 0 Å². The van der Waals surface area contributed by atoms with E-state index in [2.05, 4.69) is 27.7 Å². The zero-order valence-corrected chi connectivity index (χ0v) is 15.4. The maximum Gasteiger partial charge on any atom is 0.0605 e. The predicted octanol–water partition coefficient (Wildman–Crippen LogP) is 5.45. The Balaban J connectivity index is 1.70. The summed E-state index contributed by atoms with van der Waals surface area (Å²) >= 11 is 0. The van der Waals surface area contributed by atoms with Gasteiger partial charge in [0.05, 0.1) is 12.2 Å². The number of unbranched alkanes of at least 4 members (excludes halogenated alkanes) is 1. The van der Waals surface area contributed by atoms with Gasteiger partial charge in [-0.2, -0.15) is 0 Å². The first-order valence-electron chi connectivity index (χ1n) is 9.85. The van der Waals surface area contributed by atoms with E-state index in [4.69, 9.17) is 9.47 Å². The van der Waals surface area contributed by atoms with Crippen LogP contribution in [-0.4, -0.2) is 25.4 Å². The SMILES string of the molecule is CCCCOC1CCC(OCC2CCC(C)CC2)C(C)C1C. The van der Waals surface area contributed by atoms with Crippen molar-refractivity contribution in [2.45, 2.75) is 91.3 Å². The van der Waals surface area contributed by atoms with Gasteiger partial charge in [-0.1, -0.05) is 47.0 Å². The first kappa shape index (κ1) is 18.3. The molecule has 0 radical (unpaired) electrons. The van der Waals surface area contributed by atoms with Gasteiger partial charge in [-0.15, -0.1) is 0 Å². The minimum atomic E-state index is 0.455. The van der Waals surface area contributed by atoms with Gasteiger partial charge in [0, 0.05) is 13.2 Å². The largest absolute Gasteiger partial charge is 0.378 e. The molecular formula is C20H38O2. The van der Waals surface area contributed by atoms with Crippen LogP contribution in [0.4, 0.5) is 0 Å². The van der Waals surface area contributed by atoms with Gasteiger partial charge in [-0.05, 0) is 55.8 Å². The van der Waals surface area contributed by atoms with Gasteiger partial charge in [0.1, 0.15) is 0 Å². The minimum absolute atomic E-state index is 0.455. The van der Waals surface area contributed by atoms with E-state index in [0.29, 0.717) is 24.0 Å². The molecule has 0 spiro atoms. The molecule has 2 nitrogen and oxygen atoms in total. The van der Waals surface area contributed by atoms with Gasteiger partial charge < -0.3 is 9.47 Å². The summed E-state index contributed by atoms with van der Waals surface area (Å²) in [5.74, 6) is 3.01. The topological polar surface area (TPSA) is 18.5 Å². The van der Waals surface area contributed by atoms with E-state index < -0.39 is 0 Å². The fourth-order valence-corrected chi connectivity index (χ4v) is 4.14. The molecule has 0 heterocycles. The van der Waals surface area contributed by atoms with Crippen LogP contribution in [0.2, 0.25) is 0 Å². The van der Waals surface area contributed by atoms with Gasteiger partial charge in [0.2, 0.25) is 0 Å². The third-order valence-electron chi connectivity index (χ3n) is 6.25. The van der Waals surface area contributed by atoms with Crippen LogP contribution in [-0.2, 0) is 9.47 Å². The summed E-state index contributed by atoms with van der Waals surface area (Å²) in [6.45, 7) is 11.3. The quantitative estimate of drug-likeness (QED) is 0.582. The number of ether oxygens (including phenoxy) is 2. The van der Waals surface area contributed by atoms with Crippen LogP contribution in [0.3, 0.4) is 0 Å². The molecule has 2 aliphatic rings. The number of hydrogen-bond acceptors (Lipinski definition) is 2. The molecule has 2 fully saturated rings. The van der Waals surface area contributed by atoms with E-state index in [1.165, 1.54) is 51.4 Å². The van der Waals surface area contributed by atoms with Crippen LogP contribution in [0.5, 0.6) is 0 Å². The monoisotopic (exact) mass is 310 g/mol. The summed E-state index contributed by atoms with van der Waals surface area (Å²) in [6, 6.07) is 0. The average Bonchev–Trinajstić information content (AvgIpc) is 2.52. The van der Waals surface area contributed by atoms with Crippen LogP contribution in [0.1, 0.15) is 79.1 Å². The van der Waals surface area contributed by atoms with E-state index >= 15 is 0 Å². The van der Waals surface area contributed by atoms with E-state index in [1.54, 1.807) is 0 Å². The van der Waals surface area contributed by atoms with E-state index in [1.807, 2.05) is 0 Å². The zero-order chi connectivity index (χ0) is 15.9. The predicted molar refractivity (Wildman–Crippen MR) is 93.1 cm³/mol. The minimum Gasteiger partial charge on any atom is -0.378 e. The Morgan fingerprint density at radius 3 is 1.95 bits per heavy atom. The summed E-state index contributed by atoms with van der Waals surface area (Å²) in [7, 11) is 0. The Labute approximate surface area is 138 Å². The molecule has 0 aromatic carbocycles. The zero-order valence-electron chi connectivity index (χ0n) is 15.4. The van der Waals surface area contributed by atoms with Crippen molar-refractivity contribution in [3.05, 3.63) is 0 Å². The lowest BCUT2D eigenvalue weighted by Crippen LogP contribution is -2.41. The van der Waals surface area contributed by atoms with Crippen molar-refractivity contribution in [3.8, 4) is 0 Å². The van der Waals surface area contributed by atoms with Crippen molar-refractivity contribution in [1.29, 1.82) is 0 Å². The highest BCUT2D eigenvalue weighted by atomic mass is 16.5. The molecule has 2 saturated carbocycles. The number of hydrogen-bond donors (Lipinski definition) is 0. The van der Waals surface area contributed by atoms with Crippen molar-refractivity contribution in [1.82, 2.24) is 0 Å². The second-order valence-corrected chi connectivity index (χ2v) is 8.06. The molecule has 2 aliphatic carbocycles.